The highest BCUT2D eigenvalue weighted by atomic mass is 32.1. The van der Waals surface area contributed by atoms with Gasteiger partial charge in [0.25, 0.3) is 5.91 Å². The number of hydrogen-bond donors (Lipinski definition) is 2. The Balaban J connectivity index is 2.74. The molecular weight excluding hydrogens is 258 g/mol. The van der Waals surface area contributed by atoms with Crippen molar-refractivity contribution in [1.82, 2.24) is 14.9 Å². The number of aromatic nitrogens is 2. The molecule has 0 bridgehead atoms. The number of carbonyl (C=O) groups excluding carboxylic acids is 1. The predicted molar refractivity (Wildman–Crippen MR) is 64.7 cm³/mol. The summed E-state index contributed by atoms with van der Waals surface area (Å²) in [6, 6.07) is -1.07. The Hall–Kier alpha value is -1.54. The molecule has 0 saturated heterocycles. The Morgan fingerprint density at radius 3 is 2.83 bits per heavy atom. The van der Waals surface area contributed by atoms with E-state index in [0.29, 0.717) is 17.0 Å². The molecule has 1 aromatic heterocycles. The van der Waals surface area contributed by atoms with Crippen molar-refractivity contribution in [3.63, 3.8) is 0 Å². The standard InChI is InChI=1S/C10H15N3O4S/c1-3-4-6-8(18-13-12-6)9(14)11-7(5-17-2)10(15)16/h7H,3-5H2,1-2H3,(H,11,14)(H,15,16). The van der Waals surface area contributed by atoms with Crippen molar-refractivity contribution in [1.29, 1.82) is 0 Å². The second-order valence-corrected chi connectivity index (χ2v) is 4.37. The van der Waals surface area contributed by atoms with Crippen LogP contribution in [-0.2, 0) is 16.0 Å². The minimum absolute atomic E-state index is 0.0869. The van der Waals surface area contributed by atoms with Crippen LogP contribution in [0.15, 0.2) is 0 Å². The molecule has 0 aromatic carbocycles. The van der Waals surface area contributed by atoms with Gasteiger partial charge >= 0.3 is 5.97 Å². The summed E-state index contributed by atoms with van der Waals surface area (Å²) >= 11 is 0.962. The molecule has 0 aliphatic heterocycles. The van der Waals surface area contributed by atoms with Gasteiger partial charge in [0.2, 0.25) is 0 Å². The van der Waals surface area contributed by atoms with Gasteiger partial charge < -0.3 is 15.2 Å². The summed E-state index contributed by atoms with van der Waals surface area (Å²) in [5.74, 6) is -1.61. The van der Waals surface area contributed by atoms with E-state index in [9.17, 15) is 9.59 Å². The van der Waals surface area contributed by atoms with Crippen molar-refractivity contribution >= 4 is 23.4 Å². The van der Waals surface area contributed by atoms with E-state index < -0.39 is 17.9 Å². The van der Waals surface area contributed by atoms with E-state index in [0.717, 1.165) is 18.0 Å². The minimum Gasteiger partial charge on any atom is -0.480 e. The number of carbonyl (C=O) groups is 2. The number of carboxylic acids is 1. The molecule has 0 aliphatic rings. The van der Waals surface area contributed by atoms with Crippen LogP contribution >= 0.6 is 11.5 Å². The Bertz CT molecular complexity index is 421. The normalized spacial score (nSPS) is 12.1. The molecule has 0 fully saturated rings. The van der Waals surface area contributed by atoms with Gasteiger partial charge in [-0.3, -0.25) is 4.79 Å². The Kier molecular flexibility index (Phi) is 5.66. The van der Waals surface area contributed by atoms with Gasteiger partial charge in [-0.2, -0.15) is 0 Å². The summed E-state index contributed by atoms with van der Waals surface area (Å²) in [6.45, 7) is 1.88. The van der Waals surface area contributed by atoms with Crippen LogP contribution < -0.4 is 5.32 Å². The maximum Gasteiger partial charge on any atom is 0.328 e. The minimum atomic E-state index is -1.14. The van der Waals surface area contributed by atoms with E-state index in [1.165, 1.54) is 7.11 Å². The van der Waals surface area contributed by atoms with Crippen LogP contribution in [0.4, 0.5) is 0 Å². The Morgan fingerprint density at radius 1 is 1.56 bits per heavy atom. The Morgan fingerprint density at radius 2 is 2.28 bits per heavy atom. The molecule has 0 aliphatic carbocycles. The van der Waals surface area contributed by atoms with Crippen molar-refractivity contribution in [2.24, 2.45) is 0 Å². The van der Waals surface area contributed by atoms with Gasteiger partial charge in [0, 0.05) is 7.11 Å². The van der Waals surface area contributed by atoms with Crippen LogP contribution in [0.3, 0.4) is 0 Å². The molecule has 1 aromatic rings. The van der Waals surface area contributed by atoms with Crippen molar-refractivity contribution in [2.45, 2.75) is 25.8 Å². The summed E-state index contributed by atoms with van der Waals surface area (Å²) in [5, 5.41) is 15.1. The fourth-order valence-corrected chi connectivity index (χ4v) is 1.96. The van der Waals surface area contributed by atoms with Crippen molar-refractivity contribution in [3.05, 3.63) is 10.6 Å². The third kappa shape index (κ3) is 3.74. The van der Waals surface area contributed by atoms with Gasteiger partial charge in [0.1, 0.15) is 4.88 Å². The van der Waals surface area contributed by atoms with Crippen LogP contribution in [0.25, 0.3) is 0 Å². The number of carboxylic acid groups (broad SMARTS) is 1. The first-order valence-electron chi connectivity index (χ1n) is 5.44. The topological polar surface area (TPSA) is 101 Å². The first-order valence-corrected chi connectivity index (χ1v) is 6.21. The highest BCUT2D eigenvalue weighted by molar-refractivity contribution is 7.08. The number of amides is 1. The molecule has 100 valence electrons. The number of aryl methyl sites for hydroxylation is 1. The fourth-order valence-electron chi connectivity index (χ4n) is 1.35. The maximum absolute atomic E-state index is 11.9. The van der Waals surface area contributed by atoms with E-state index in [1.54, 1.807) is 0 Å². The number of methoxy groups -OCH3 is 1. The number of aliphatic carboxylic acids is 1. The summed E-state index contributed by atoms with van der Waals surface area (Å²) < 4.78 is 8.45. The molecule has 1 rings (SSSR count). The van der Waals surface area contributed by atoms with Gasteiger partial charge in [-0.1, -0.05) is 17.8 Å². The lowest BCUT2D eigenvalue weighted by atomic mass is 10.2. The van der Waals surface area contributed by atoms with Crippen LogP contribution in [-0.4, -0.2) is 46.3 Å². The average Bonchev–Trinajstić information content (AvgIpc) is 2.77. The fraction of sp³-hybridized carbons (Fsp3) is 0.600. The lowest BCUT2D eigenvalue weighted by Crippen LogP contribution is -2.43. The lowest BCUT2D eigenvalue weighted by molar-refractivity contribution is -0.140. The largest absolute Gasteiger partial charge is 0.480 e. The van der Waals surface area contributed by atoms with E-state index in [1.807, 2.05) is 6.92 Å². The average molecular weight is 273 g/mol. The second kappa shape index (κ2) is 7.02. The molecule has 0 saturated carbocycles. The zero-order valence-corrected chi connectivity index (χ0v) is 11.0. The first kappa shape index (κ1) is 14.5. The molecule has 1 amide bonds. The summed E-state index contributed by atoms with van der Waals surface area (Å²) in [5.41, 5.74) is 0.599. The molecular formula is C10H15N3O4S. The maximum atomic E-state index is 11.9. The van der Waals surface area contributed by atoms with E-state index >= 15 is 0 Å². The number of hydrogen-bond acceptors (Lipinski definition) is 6. The van der Waals surface area contributed by atoms with Crippen molar-refractivity contribution < 1.29 is 19.4 Å². The van der Waals surface area contributed by atoms with Crippen molar-refractivity contribution in [3.8, 4) is 0 Å². The van der Waals surface area contributed by atoms with E-state index in [4.69, 9.17) is 9.84 Å². The number of ether oxygens (including phenoxy) is 1. The van der Waals surface area contributed by atoms with E-state index in [-0.39, 0.29) is 6.61 Å². The van der Waals surface area contributed by atoms with Crippen LogP contribution in [0.2, 0.25) is 0 Å². The monoisotopic (exact) mass is 273 g/mol. The third-order valence-electron chi connectivity index (χ3n) is 2.19. The second-order valence-electron chi connectivity index (χ2n) is 3.62. The summed E-state index contributed by atoms with van der Waals surface area (Å²) in [6.07, 6.45) is 1.48. The number of rotatable bonds is 7. The molecule has 1 unspecified atom stereocenters. The highest BCUT2D eigenvalue weighted by Crippen LogP contribution is 2.12. The summed E-state index contributed by atoms with van der Waals surface area (Å²) in [4.78, 5) is 23.1. The van der Waals surface area contributed by atoms with Gasteiger partial charge in [-0.15, -0.1) is 5.10 Å². The smallest absolute Gasteiger partial charge is 0.328 e. The zero-order chi connectivity index (χ0) is 13.5. The first-order chi connectivity index (χ1) is 8.60. The van der Waals surface area contributed by atoms with Gasteiger partial charge in [-0.05, 0) is 18.0 Å². The zero-order valence-electron chi connectivity index (χ0n) is 10.2. The van der Waals surface area contributed by atoms with Crippen molar-refractivity contribution in [2.75, 3.05) is 13.7 Å². The summed E-state index contributed by atoms with van der Waals surface area (Å²) in [7, 11) is 1.37. The molecule has 7 nitrogen and oxygen atoms in total. The quantitative estimate of drug-likeness (QED) is 0.742. The predicted octanol–water partition coefficient (Wildman–Crippen LogP) is 0.320. The molecule has 2 N–H and O–H groups in total. The number of nitrogens with zero attached hydrogens (tertiary/aromatic N) is 2. The van der Waals surface area contributed by atoms with E-state index in [2.05, 4.69) is 14.9 Å². The molecule has 0 spiro atoms. The Labute approximate surface area is 108 Å². The van der Waals surface area contributed by atoms with Gasteiger partial charge in [-0.25, -0.2) is 4.79 Å². The molecule has 8 heteroatoms. The highest BCUT2D eigenvalue weighted by Gasteiger charge is 2.23. The molecule has 1 atom stereocenters. The van der Waals surface area contributed by atoms with Gasteiger partial charge in [0.05, 0.1) is 12.3 Å². The molecule has 1 heterocycles. The number of nitrogens with one attached hydrogen (secondary N) is 1. The molecule has 0 radical (unpaired) electrons. The van der Waals surface area contributed by atoms with Gasteiger partial charge in [0.15, 0.2) is 6.04 Å². The third-order valence-corrected chi connectivity index (χ3v) is 2.95. The lowest BCUT2D eigenvalue weighted by Gasteiger charge is -2.12. The molecule has 18 heavy (non-hydrogen) atoms. The van der Waals surface area contributed by atoms with Crippen LogP contribution in [0, 0.1) is 0 Å². The van der Waals surface area contributed by atoms with Crippen LogP contribution in [0.5, 0.6) is 0 Å². The SMILES string of the molecule is CCCc1nnsc1C(=O)NC(COC)C(=O)O. The van der Waals surface area contributed by atoms with Crippen LogP contribution in [0.1, 0.15) is 28.7 Å².